The van der Waals surface area contributed by atoms with E-state index in [0.717, 1.165) is 15.6 Å². The van der Waals surface area contributed by atoms with Crippen molar-refractivity contribution >= 4 is 11.3 Å². The van der Waals surface area contributed by atoms with Crippen molar-refractivity contribution in [2.75, 3.05) is 6.54 Å². The maximum atomic E-state index is 12.6. The average molecular weight is 312 g/mol. The molecule has 1 heterocycles. The van der Waals surface area contributed by atoms with E-state index in [1.165, 1.54) is 0 Å². The van der Waals surface area contributed by atoms with E-state index >= 15 is 0 Å². The smallest absolute Gasteiger partial charge is 0.387 e. The van der Waals surface area contributed by atoms with Gasteiger partial charge in [0.15, 0.2) is 0 Å². The van der Waals surface area contributed by atoms with E-state index < -0.39 is 6.61 Å². The molecular formula is C15H18F2N2OS. The predicted molar refractivity (Wildman–Crippen MR) is 80.2 cm³/mol. The summed E-state index contributed by atoms with van der Waals surface area (Å²) in [6, 6.07) is 6.59. The highest BCUT2D eigenvalue weighted by Crippen LogP contribution is 2.33. The van der Waals surface area contributed by atoms with Gasteiger partial charge in [-0.05, 0) is 26.5 Å². The Morgan fingerprint density at radius 3 is 2.57 bits per heavy atom. The lowest BCUT2D eigenvalue weighted by atomic mass is 10.1. The maximum absolute atomic E-state index is 12.6. The molecule has 21 heavy (non-hydrogen) atoms. The molecule has 1 N–H and O–H groups in total. The molecule has 2 aromatic rings. The van der Waals surface area contributed by atoms with Crippen LogP contribution >= 0.6 is 11.3 Å². The Bertz CT molecular complexity index is 582. The number of halogens is 2. The molecule has 0 saturated carbocycles. The van der Waals surface area contributed by atoms with Crippen LogP contribution in [0.5, 0.6) is 5.75 Å². The lowest BCUT2D eigenvalue weighted by molar-refractivity contribution is -0.0506. The fourth-order valence-corrected chi connectivity index (χ4v) is 3.10. The first-order valence-corrected chi connectivity index (χ1v) is 7.55. The largest absolute Gasteiger partial charge is 0.434 e. The number of aryl methyl sites for hydroxylation is 2. The number of hydrogen-bond acceptors (Lipinski definition) is 4. The van der Waals surface area contributed by atoms with E-state index in [-0.39, 0.29) is 11.8 Å². The molecule has 0 fully saturated rings. The van der Waals surface area contributed by atoms with Gasteiger partial charge in [0.2, 0.25) is 0 Å². The van der Waals surface area contributed by atoms with E-state index in [0.29, 0.717) is 12.1 Å². The van der Waals surface area contributed by atoms with E-state index in [1.54, 1.807) is 29.5 Å². The Balaban J connectivity index is 2.42. The SMILES string of the molecule is CCNC(c1nc(C)c(C)s1)c1ccccc1OC(F)F. The Labute approximate surface area is 127 Å². The lowest BCUT2D eigenvalue weighted by Crippen LogP contribution is -2.23. The van der Waals surface area contributed by atoms with Gasteiger partial charge in [-0.25, -0.2) is 4.98 Å². The van der Waals surface area contributed by atoms with Crippen LogP contribution in [0.3, 0.4) is 0 Å². The number of thiazole rings is 1. The first-order valence-electron chi connectivity index (χ1n) is 6.74. The van der Waals surface area contributed by atoms with Crippen LogP contribution in [0.1, 0.15) is 34.1 Å². The Morgan fingerprint density at radius 2 is 2.00 bits per heavy atom. The number of para-hydroxylation sites is 1. The van der Waals surface area contributed by atoms with E-state index in [9.17, 15) is 8.78 Å². The summed E-state index contributed by atoms with van der Waals surface area (Å²) in [4.78, 5) is 5.66. The minimum atomic E-state index is -2.84. The molecule has 1 aromatic heterocycles. The molecule has 2 rings (SSSR count). The fraction of sp³-hybridized carbons (Fsp3) is 0.400. The summed E-state index contributed by atoms with van der Waals surface area (Å²) in [5.41, 5.74) is 1.64. The quantitative estimate of drug-likeness (QED) is 0.873. The minimum Gasteiger partial charge on any atom is -0.434 e. The lowest BCUT2D eigenvalue weighted by Gasteiger charge is -2.19. The van der Waals surface area contributed by atoms with Gasteiger partial charge in [-0.2, -0.15) is 8.78 Å². The first kappa shape index (κ1) is 15.9. The maximum Gasteiger partial charge on any atom is 0.387 e. The summed E-state index contributed by atoms with van der Waals surface area (Å²) in [7, 11) is 0. The van der Waals surface area contributed by atoms with Gasteiger partial charge in [0.05, 0.1) is 11.7 Å². The molecule has 0 aliphatic rings. The molecule has 0 aliphatic carbocycles. The summed E-state index contributed by atoms with van der Waals surface area (Å²) in [5.74, 6) is 0.184. The number of rotatable bonds is 6. The van der Waals surface area contributed by atoms with Crippen LogP contribution in [0.25, 0.3) is 0 Å². The predicted octanol–water partition coefficient (Wildman–Crippen LogP) is 4.06. The number of aromatic nitrogens is 1. The molecule has 3 nitrogen and oxygen atoms in total. The Kier molecular flexibility index (Phi) is 5.25. The standard InChI is InChI=1S/C15H18F2N2OS/c1-4-18-13(14-19-9(2)10(3)21-14)11-7-5-6-8-12(11)20-15(16)17/h5-8,13,15,18H,4H2,1-3H3. The molecular weight excluding hydrogens is 294 g/mol. The summed E-state index contributed by atoms with van der Waals surface area (Å²) in [6.45, 7) is 3.77. The summed E-state index contributed by atoms with van der Waals surface area (Å²) in [5, 5.41) is 4.15. The van der Waals surface area contributed by atoms with Crippen molar-refractivity contribution in [3.8, 4) is 5.75 Å². The van der Waals surface area contributed by atoms with E-state index in [1.807, 2.05) is 26.8 Å². The number of benzene rings is 1. The Hall–Kier alpha value is -1.53. The van der Waals surface area contributed by atoms with Crippen LogP contribution in [-0.4, -0.2) is 18.1 Å². The van der Waals surface area contributed by atoms with Crippen LogP contribution in [0, 0.1) is 13.8 Å². The highest BCUT2D eigenvalue weighted by Gasteiger charge is 2.22. The van der Waals surface area contributed by atoms with Crippen LogP contribution in [0.4, 0.5) is 8.78 Å². The average Bonchev–Trinajstić information content (AvgIpc) is 2.76. The van der Waals surface area contributed by atoms with Gasteiger partial charge in [-0.3, -0.25) is 0 Å². The van der Waals surface area contributed by atoms with Crippen molar-refractivity contribution < 1.29 is 13.5 Å². The zero-order chi connectivity index (χ0) is 15.4. The second-order valence-electron chi connectivity index (χ2n) is 4.60. The van der Waals surface area contributed by atoms with Gasteiger partial charge < -0.3 is 10.1 Å². The number of hydrogen-bond donors (Lipinski definition) is 1. The summed E-state index contributed by atoms with van der Waals surface area (Å²) >= 11 is 1.57. The van der Waals surface area contributed by atoms with Gasteiger partial charge in [0.25, 0.3) is 0 Å². The van der Waals surface area contributed by atoms with Gasteiger partial charge in [-0.1, -0.05) is 25.1 Å². The number of nitrogens with zero attached hydrogens (tertiary/aromatic N) is 1. The zero-order valence-corrected chi connectivity index (χ0v) is 13.0. The highest BCUT2D eigenvalue weighted by molar-refractivity contribution is 7.11. The third-order valence-electron chi connectivity index (χ3n) is 3.15. The second kappa shape index (κ2) is 6.95. The summed E-state index contributed by atoms with van der Waals surface area (Å²) < 4.78 is 29.8. The number of nitrogens with one attached hydrogen (secondary N) is 1. The third-order valence-corrected chi connectivity index (χ3v) is 4.28. The number of ether oxygens (including phenoxy) is 1. The van der Waals surface area contributed by atoms with Crippen LogP contribution < -0.4 is 10.1 Å². The molecule has 0 bridgehead atoms. The minimum absolute atomic E-state index is 0.184. The van der Waals surface area contributed by atoms with Crippen molar-refractivity contribution in [3.63, 3.8) is 0 Å². The van der Waals surface area contributed by atoms with Crippen molar-refractivity contribution in [1.82, 2.24) is 10.3 Å². The van der Waals surface area contributed by atoms with Crippen LogP contribution in [-0.2, 0) is 0 Å². The molecule has 1 atom stereocenters. The van der Waals surface area contributed by atoms with E-state index in [2.05, 4.69) is 15.0 Å². The van der Waals surface area contributed by atoms with Crippen molar-refractivity contribution in [2.24, 2.45) is 0 Å². The van der Waals surface area contributed by atoms with Crippen LogP contribution in [0.15, 0.2) is 24.3 Å². The molecule has 6 heteroatoms. The summed E-state index contributed by atoms with van der Waals surface area (Å²) in [6.07, 6.45) is 0. The zero-order valence-electron chi connectivity index (χ0n) is 12.2. The first-order chi connectivity index (χ1) is 10.0. The van der Waals surface area contributed by atoms with Gasteiger partial charge >= 0.3 is 6.61 Å². The molecule has 0 radical (unpaired) electrons. The van der Waals surface area contributed by atoms with Gasteiger partial charge in [0, 0.05) is 10.4 Å². The molecule has 0 amide bonds. The highest BCUT2D eigenvalue weighted by atomic mass is 32.1. The monoisotopic (exact) mass is 312 g/mol. The molecule has 114 valence electrons. The van der Waals surface area contributed by atoms with Crippen LogP contribution in [0.2, 0.25) is 0 Å². The van der Waals surface area contributed by atoms with Crippen molar-refractivity contribution in [2.45, 2.75) is 33.4 Å². The molecule has 1 unspecified atom stereocenters. The Morgan fingerprint density at radius 1 is 1.29 bits per heavy atom. The van der Waals surface area contributed by atoms with E-state index in [4.69, 9.17) is 0 Å². The van der Waals surface area contributed by atoms with Gasteiger partial charge in [0.1, 0.15) is 10.8 Å². The molecule has 0 spiro atoms. The number of alkyl halides is 2. The normalized spacial score (nSPS) is 12.7. The van der Waals surface area contributed by atoms with Gasteiger partial charge in [-0.15, -0.1) is 11.3 Å². The second-order valence-corrected chi connectivity index (χ2v) is 5.84. The van der Waals surface area contributed by atoms with Crippen molar-refractivity contribution in [3.05, 3.63) is 45.4 Å². The molecule has 1 aromatic carbocycles. The third kappa shape index (κ3) is 3.77. The van der Waals surface area contributed by atoms with Crippen molar-refractivity contribution in [1.29, 1.82) is 0 Å². The fourth-order valence-electron chi connectivity index (χ4n) is 2.08. The molecule has 0 aliphatic heterocycles. The topological polar surface area (TPSA) is 34.2 Å². The molecule has 0 saturated heterocycles.